The van der Waals surface area contributed by atoms with Crippen molar-refractivity contribution in [2.24, 2.45) is 0 Å². The monoisotopic (exact) mass is 369 g/mol. The standard InChI is InChI=1S/C14H19N5O7/c1-5(21)7(14(24)25)18-11-8-12(16-3-15-11)19(4-17-8)13-10(23)9(22)6(2-20)26-13/h3-7,9-10,13,20-23H,2H2,1H3,(H,24,25)(H,15,16,18). The Labute approximate surface area is 146 Å². The maximum Gasteiger partial charge on any atom is 0.328 e. The first-order valence-electron chi connectivity index (χ1n) is 7.82. The largest absolute Gasteiger partial charge is 0.480 e. The smallest absolute Gasteiger partial charge is 0.328 e. The van der Waals surface area contributed by atoms with E-state index in [1.54, 1.807) is 0 Å². The summed E-state index contributed by atoms with van der Waals surface area (Å²) < 4.78 is 6.79. The molecule has 0 spiro atoms. The summed E-state index contributed by atoms with van der Waals surface area (Å²) in [6.45, 7) is 0.847. The zero-order valence-corrected chi connectivity index (χ0v) is 13.7. The summed E-state index contributed by atoms with van der Waals surface area (Å²) in [5.74, 6) is -1.19. The highest BCUT2D eigenvalue weighted by molar-refractivity contribution is 5.86. The first-order valence-corrected chi connectivity index (χ1v) is 7.82. The summed E-state index contributed by atoms with van der Waals surface area (Å²) >= 11 is 0. The summed E-state index contributed by atoms with van der Waals surface area (Å²) in [6.07, 6.45) is -3.34. The van der Waals surface area contributed by atoms with Crippen LogP contribution in [0.2, 0.25) is 0 Å². The zero-order chi connectivity index (χ0) is 19.0. The minimum Gasteiger partial charge on any atom is -0.480 e. The fourth-order valence-electron chi connectivity index (χ4n) is 2.79. The van der Waals surface area contributed by atoms with Gasteiger partial charge in [0.2, 0.25) is 0 Å². The average molecular weight is 369 g/mol. The number of nitrogens with one attached hydrogen (secondary N) is 1. The third-order valence-corrected chi connectivity index (χ3v) is 4.19. The van der Waals surface area contributed by atoms with E-state index in [9.17, 15) is 30.3 Å². The van der Waals surface area contributed by atoms with Crippen molar-refractivity contribution in [1.82, 2.24) is 19.5 Å². The molecule has 26 heavy (non-hydrogen) atoms. The molecule has 0 saturated carbocycles. The van der Waals surface area contributed by atoms with Gasteiger partial charge in [-0.05, 0) is 6.92 Å². The molecule has 0 radical (unpaired) electrons. The second-order valence-corrected chi connectivity index (χ2v) is 5.98. The van der Waals surface area contributed by atoms with Crippen LogP contribution in [0, 0.1) is 0 Å². The van der Waals surface area contributed by atoms with Gasteiger partial charge in [-0.1, -0.05) is 0 Å². The molecule has 1 saturated heterocycles. The van der Waals surface area contributed by atoms with Crippen molar-refractivity contribution in [2.75, 3.05) is 11.9 Å². The van der Waals surface area contributed by atoms with Gasteiger partial charge in [0, 0.05) is 0 Å². The van der Waals surface area contributed by atoms with Crippen LogP contribution in [0.25, 0.3) is 11.2 Å². The first kappa shape index (κ1) is 18.4. The predicted molar refractivity (Wildman–Crippen MR) is 85.1 cm³/mol. The molecule has 0 aliphatic carbocycles. The maximum atomic E-state index is 11.2. The van der Waals surface area contributed by atoms with Crippen LogP contribution >= 0.6 is 0 Å². The highest BCUT2D eigenvalue weighted by Gasteiger charge is 2.44. The minimum absolute atomic E-state index is 0.0776. The third kappa shape index (κ3) is 3.08. The number of fused-ring (bicyclic) bond motifs is 1. The van der Waals surface area contributed by atoms with E-state index in [1.807, 2.05) is 0 Å². The lowest BCUT2D eigenvalue weighted by Crippen LogP contribution is -2.39. The van der Waals surface area contributed by atoms with Crippen molar-refractivity contribution in [3.8, 4) is 0 Å². The summed E-state index contributed by atoms with van der Waals surface area (Å²) in [6, 6.07) is -1.31. The Morgan fingerprint density at radius 2 is 2.08 bits per heavy atom. The van der Waals surface area contributed by atoms with Crippen molar-refractivity contribution >= 4 is 23.0 Å². The van der Waals surface area contributed by atoms with Gasteiger partial charge in [0.05, 0.1) is 19.0 Å². The number of nitrogens with zero attached hydrogens (tertiary/aromatic N) is 4. The number of rotatable bonds is 6. The van der Waals surface area contributed by atoms with Gasteiger partial charge in [0.15, 0.2) is 29.3 Å². The molecule has 12 nitrogen and oxygen atoms in total. The van der Waals surface area contributed by atoms with E-state index in [4.69, 9.17) is 4.74 Å². The van der Waals surface area contributed by atoms with E-state index >= 15 is 0 Å². The van der Waals surface area contributed by atoms with Crippen LogP contribution in [0.15, 0.2) is 12.7 Å². The molecule has 6 atom stereocenters. The van der Waals surface area contributed by atoms with Gasteiger partial charge in [-0.3, -0.25) is 4.57 Å². The molecule has 2 aromatic rings. The Morgan fingerprint density at radius 1 is 1.35 bits per heavy atom. The Kier molecular flexibility index (Phi) is 5.02. The molecule has 0 aromatic carbocycles. The van der Waals surface area contributed by atoms with Crippen LogP contribution in [0.4, 0.5) is 5.82 Å². The molecule has 3 heterocycles. The van der Waals surface area contributed by atoms with Crippen LogP contribution in [-0.2, 0) is 9.53 Å². The molecule has 1 aliphatic heterocycles. The van der Waals surface area contributed by atoms with Gasteiger partial charge in [0.1, 0.15) is 24.6 Å². The number of aliphatic carboxylic acids is 1. The van der Waals surface area contributed by atoms with Gasteiger partial charge >= 0.3 is 5.97 Å². The number of carboxylic acids is 1. The molecule has 142 valence electrons. The molecule has 0 bridgehead atoms. The van der Waals surface area contributed by atoms with Gasteiger partial charge in [-0.2, -0.15) is 0 Å². The number of hydrogen-bond donors (Lipinski definition) is 6. The number of carbonyl (C=O) groups is 1. The molecule has 1 fully saturated rings. The van der Waals surface area contributed by atoms with E-state index in [1.165, 1.54) is 17.8 Å². The second-order valence-electron chi connectivity index (χ2n) is 5.98. The molecule has 0 amide bonds. The van der Waals surface area contributed by atoms with E-state index in [2.05, 4.69) is 20.3 Å². The number of ether oxygens (including phenoxy) is 1. The zero-order valence-electron chi connectivity index (χ0n) is 13.7. The summed E-state index contributed by atoms with van der Waals surface area (Å²) in [5, 5.41) is 50.6. The summed E-state index contributed by atoms with van der Waals surface area (Å²) in [4.78, 5) is 23.4. The molecule has 6 N–H and O–H groups in total. The number of carboxylic acid groups (broad SMARTS) is 1. The lowest BCUT2D eigenvalue weighted by Gasteiger charge is -2.18. The van der Waals surface area contributed by atoms with Crippen molar-refractivity contribution in [3.05, 3.63) is 12.7 Å². The van der Waals surface area contributed by atoms with E-state index in [-0.39, 0.29) is 17.0 Å². The van der Waals surface area contributed by atoms with E-state index in [0.717, 1.165) is 6.33 Å². The van der Waals surface area contributed by atoms with Crippen LogP contribution < -0.4 is 5.32 Å². The van der Waals surface area contributed by atoms with E-state index in [0.29, 0.717) is 0 Å². The number of anilines is 1. The van der Waals surface area contributed by atoms with Gasteiger partial charge in [0.25, 0.3) is 0 Å². The van der Waals surface area contributed by atoms with Crippen LogP contribution in [0.3, 0.4) is 0 Å². The fourth-order valence-corrected chi connectivity index (χ4v) is 2.79. The van der Waals surface area contributed by atoms with Crippen molar-refractivity contribution < 1.29 is 35.1 Å². The Hall–Kier alpha value is -2.38. The quantitative estimate of drug-likeness (QED) is 0.321. The molecule has 6 unspecified atom stereocenters. The molecule has 2 aromatic heterocycles. The van der Waals surface area contributed by atoms with Crippen molar-refractivity contribution in [3.63, 3.8) is 0 Å². The predicted octanol–water partition coefficient (Wildman–Crippen LogP) is -2.32. The van der Waals surface area contributed by atoms with Crippen LogP contribution in [0.1, 0.15) is 13.2 Å². The fraction of sp³-hybridized carbons (Fsp3) is 0.571. The Balaban J connectivity index is 1.96. The highest BCUT2D eigenvalue weighted by Crippen LogP contribution is 2.32. The number of aromatic nitrogens is 4. The van der Waals surface area contributed by atoms with E-state index < -0.39 is 49.3 Å². The molecular formula is C14H19N5O7. The summed E-state index contributed by atoms with van der Waals surface area (Å²) in [7, 11) is 0. The van der Waals surface area contributed by atoms with Gasteiger partial charge < -0.3 is 35.6 Å². The van der Waals surface area contributed by atoms with Crippen molar-refractivity contribution in [1.29, 1.82) is 0 Å². The normalized spacial score (nSPS) is 28.2. The number of aliphatic hydroxyl groups excluding tert-OH is 4. The lowest BCUT2D eigenvalue weighted by atomic mass is 10.1. The lowest BCUT2D eigenvalue weighted by molar-refractivity contribution is -0.140. The van der Waals surface area contributed by atoms with Gasteiger partial charge in [-0.15, -0.1) is 0 Å². The van der Waals surface area contributed by atoms with Crippen LogP contribution in [-0.4, -0.2) is 88.1 Å². The Bertz CT molecular complexity index is 797. The minimum atomic E-state index is -1.32. The number of imidazole rings is 1. The second kappa shape index (κ2) is 7.09. The Morgan fingerprint density at radius 3 is 2.65 bits per heavy atom. The SMILES string of the molecule is CC(O)C(Nc1ncnc2c1ncn2C1OC(CO)C(O)C1O)C(=O)O. The highest BCUT2D eigenvalue weighted by atomic mass is 16.6. The maximum absolute atomic E-state index is 11.2. The van der Waals surface area contributed by atoms with Crippen molar-refractivity contribution in [2.45, 2.75) is 43.6 Å². The number of aliphatic hydroxyl groups is 4. The van der Waals surface area contributed by atoms with Gasteiger partial charge in [-0.25, -0.2) is 19.7 Å². The molecule has 1 aliphatic rings. The third-order valence-electron chi connectivity index (χ3n) is 4.19. The molecule has 3 rings (SSSR count). The van der Waals surface area contributed by atoms with Crippen LogP contribution in [0.5, 0.6) is 0 Å². The topological polar surface area (TPSA) is 183 Å². The number of hydrogen-bond acceptors (Lipinski definition) is 10. The first-order chi connectivity index (χ1) is 12.3. The summed E-state index contributed by atoms with van der Waals surface area (Å²) in [5.41, 5.74) is 0.407. The molecule has 12 heteroatoms. The molecular weight excluding hydrogens is 350 g/mol. The average Bonchev–Trinajstić information content (AvgIpc) is 3.14.